The van der Waals surface area contributed by atoms with Crippen LogP contribution in [0, 0.1) is 5.92 Å². The summed E-state index contributed by atoms with van der Waals surface area (Å²) in [5.41, 5.74) is 1.88. The molecule has 1 aliphatic heterocycles. The van der Waals surface area contributed by atoms with Crippen LogP contribution in [0.5, 0.6) is 0 Å². The Morgan fingerprint density at radius 3 is 2.39 bits per heavy atom. The summed E-state index contributed by atoms with van der Waals surface area (Å²) in [6.45, 7) is 10.3. The normalized spacial score (nSPS) is 16.9. The van der Waals surface area contributed by atoms with Gasteiger partial charge in [0.2, 0.25) is 0 Å². The summed E-state index contributed by atoms with van der Waals surface area (Å²) in [7, 11) is -3.00. The molecular formula is C21H36N4O2S. The number of aliphatic imine (C=N–C) groups is 1. The number of benzene rings is 1. The van der Waals surface area contributed by atoms with E-state index >= 15 is 0 Å². The van der Waals surface area contributed by atoms with Gasteiger partial charge in [-0.05, 0) is 62.9 Å². The number of guanidine groups is 1. The molecule has 1 fully saturated rings. The highest BCUT2D eigenvalue weighted by atomic mass is 32.2. The summed E-state index contributed by atoms with van der Waals surface area (Å²) >= 11 is 0. The highest BCUT2D eigenvalue weighted by Crippen LogP contribution is 2.15. The van der Waals surface area contributed by atoms with Crippen molar-refractivity contribution in [3.63, 3.8) is 0 Å². The highest BCUT2D eigenvalue weighted by Gasteiger charge is 2.14. The maximum Gasteiger partial charge on any atom is 0.191 e. The van der Waals surface area contributed by atoms with Crippen LogP contribution >= 0.6 is 0 Å². The molecular weight excluding hydrogens is 372 g/mol. The average Bonchev–Trinajstić information content (AvgIpc) is 2.64. The molecule has 1 aromatic rings. The first-order valence-electron chi connectivity index (χ1n) is 10.4. The number of likely N-dealkylation sites (tertiary alicyclic amines) is 1. The molecule has 2 rings (SSSR count). The Labute approximate surface area is 170 Å². The van der Waals surface area contributed by atoms with E-state index < -0.39 is 9.84 Å². The van der Waals surface area contributed by atoms with Gasteiger partial charge in [-0.25, -0.2) is 13.4 Å². The lowest BCUT2D eigenvalue weighted by Crippen LogP contribution is -2.39. The summed E-state index contributed by atoms with van der Waals surface area (Å²) in [5.74, 6) is 1.79. The van der Waals surface area contributed by atoms with E-state index in [4.69, 9.17) is 0 Å². The molecule has 0 atom stereocenters. The minimum atomic E-state index is -3.00. The summed E-state index contributed by atoms with van der Waals surface area (Å²) in [4.78, 5) is 7.20. The molecule has 1 aromatic carbocycles. The Balaban J connectivity index is 1.76. The number of hydrogen-bond acceptors (Lipinski definition) is 4. The number of nitrogens with zero attached hydrogens (tertiary/aromatic N) is 2. The summed E-state index contributed by atoms with van der Waals surface area (Å²) in [6.07, 6.45) is 5.01. The van der Waals surface area contributed by atoms with Crippen molar-refractivity contribution >= 4 is 15.8 Å². The zero-order valence-corrected chi connectivity index (χ0v) is 18.4. The number of nitrogens with one attached hydrogen (secondary N) is 2. The largest absolute Gasteiger partial charge is 0.357 e. The number of sulfone groups is 1. The van der Waals surface area contributed by atoms with Crippen molar-refractivity contribution in [3.05, 3.63) is 35.4 Å². The van der Waals surface area contributed by atoms with Crippen LogP contribution in [-0.2, 0) is 22.1 Å². The van der Waals surface area contributed by atoms with Crippen LogP contribution in [0.3, 0.4) is 0 Å². The molecule has 6 nitrogen and oxygen atoms in total. The lowest BCUT2D eigenvalue weighted by atomic mass is 9.99. The minimum absolute atomic E-state index is 0.0800. The van der Waals surface area contributed by atoms with Crippen molar-refractivity contribution in [2.45, 2.75) is 45.4 Å². The Morgan fingerprint density at radius 2 is 1.79 bits per heavy atom. The molecule has 0 aromatic heterocycles. The zero-order chi connectivity index (χ0) is 20.4. The van der Waals surface area contributed by atoms with Crippen LogP contribution < -0.4 is 10.6 Å². The fraction of sp³-hybridized carbons (Fsp3) is 0.667. The highest BCUT2D eigenvalue weighted by molar-refractivity contribution is 7.89. The maximum atomic E-state index is 11.4. The summed E-state index contributed by atoms with van der Waals surface area (Å²) in [5, 5.41) is 6.70. The second-order valence-electron chi connectivity index (χ2n) is 7.89. The van der Waals surface area contributed by atoms with Crippen LogP contribution in [0.15, 0.2) is 29.3 Å². The predicted octanol–water partition coefficient (Wildman–Crippen LogP) is 2.41. The first-order valence-corrected chi connectivity index (χ1v) is 12.4. The molecule has 0 radical (unpaired) electrons. The molecule has 28 heavy (non-hydrogen) atoms. The molecule has 7 heteroatoms. The standard InChI is InChI=1S/C21H36N4O2S/c1-4-22-21(23-12-5-13-25-14-10-18(2)11-15-25)24-16-19-6-8-20(9-7-19)17-28(3,26)27/h6-9,18H,4-5,10-17H2,1-3H3,(H2,22,23,24). The van der Waals surface area contributed by atoms with Gasteiger partial charge >= 0.3 is 0 Å². The predicted molar refractivity (Wildman–Crippen MR) is 117 cm³/mol. The molecule has 0 aliphatic carbocycles. The fourth-order valence-electron chi connectivity index (χ4n) is 3.35. The number of piperidine rings is 1. The van der Waals surface area contributed by atoms with Gasteiger partial charge in [0.15, 0.2) is 15.8 Å². The third-order valence-corrected chi connectivity index (χ3v) is 5.89. The lowest BCUT2D eigenvalue weighted by molar-refractivity contribution is 0.191. The zero-order valence-electron chi connectivity index (χ0n) is 17.6. The summed E-state index contributed by atoms with van der Waals surface area (Å²) < 4.78 is 22.7. The van der Waals surface area contributed by atoms with E-state index in [9.17, 15) is 8.42 Å². The SMILES string of the molecule is CCNC(=NCc1ccc(CS(C)(=O)=O)cc1)NCCCN1CCC(C)CC1. The van der Waals surface area contributed by atoms with E-state index in [-0.39, 0.29) is 5.75 Å². The molecule has 0 amide bonds. The third-order valence-electron chi connectivity index (χ3n) is 5.04. The topological polar surface area (TPSA) is 73.8 Å². The number of hydrogen-bond donors (Lipinski definition) is 2. The second kappa shape index (κ2) is 11.4. The van der Waals surface area contributed by atoms with Crippen molar-refractivity contribution < 1.29 is 8.42 Å². The second-order valence-corrected chi connectivity index (χ2v) is 10.0. The van der Waals surface area contributed by atoms with Crippen LogP contribution in [0.1, 0.15) is 44.2 Å². The van der Waals surface area contributed by atoms with Crippen LogP contribution in [0.2, 0.25) is 0 Å². The van der Waals surface area contributed by atoms with E-state index in [0.29, 0.717) is 6.54 Å². The molecule has 2 N–H and O–H groups in total. The van der Waals surface area contributed by atoms with Gasteiger partial charge in [-0.3, -0.25) is 0 Å². The molecule has 0 unspecified atom stereocenters. The van der Waals surface area contributed by atoms with Gasteiger partial charge in [-0.2, -0.15) is 0 Å². The number of rotatable bonds is 9. The Morgan fingerprint density at radius 1 is 1.14 bits per heavy atom. The molecule has 0 bridgehead atoms. The van der Waals surface area contributed by atoms with Crippen LogP contribution in [0.4, 0.5) is 0 Å². The van der Waals surface area contributed by atoms with Crippen molar-refractivity contribution in [3.8, 4) is 0 Å². The molecule has 1 saturated heterocycles. The minimum Gasteiger partial charge on any atom is -0.357 e. The van der Waals surface area contributed by atoms with Crippen LogP contribution in [0.25, 0.3) is 0 Å². The molecule has 1 heterocycles. The first-order chi connectivity index (χ1) is 13.4. The van der Waals surface area contributed by atoms with Crippen molar-refractivity contribution in [2.24, 2.45) is 10.9 Å². The smallest absolute Gasteiger partial charge is 0.191 e. The Hall–Kier alpha value is -1.60. The average molecular weight is 409 g/mol. The van der Waals surface area contributed by atoms with Crippen molar-refractivity contribution in [2.75, 3.05) is 39.0 Å². The molecule has 158 valence electrons. The van der Waals surface area contributed by atoms with Gasteiger partial charge in [-0.15, -0.1) is 0 Å². The molecule has 0 saturated carbocycles. The Kier molecular flexibility index (Phi) is 9.25. The van der Waals surface area contributed by atoms with Crippen LogP contribution in [-0.4, -0.2) is 58.3 Å². The summed E-state index contributed by atoms with van der Waals surface area (Å²) in [6, 6.07) is 7.63. The van der Waals surface area contributed by atoms with Gasteiger partial charge in [-0.1, -0.05) is 31.2 Å². The van der Waals surface area contributed by atoms with Gasteiger partial charge in [0.1, 0.15) is 0 Å². The quantitative estimate of drug-likeness (QED) is 0.373. The Bertz CT molecular complexity index is 708. The monoisotopic (exact) mass is 408 g/mol. The third kappa shape index (κ3) is 9.06. The molecule has 1 aliphatic rings. The van der Waals surface area contributed by atoms with E-state index in [1.807, 2.05) is 24.3 Å². The van der Waals surface area contributed by atoms with Crippen molar-refractivity contribution in [1.82, 2.24) is 15.5 Å². The van der Waals surface area contributed by atoms with E-state index in [1.165, 1.54) is 32.2 Å². The van der Waals surface area contributed by atoms with Crippen molar-refractivity contribution in [1.29, 1.82) is 0 Å². The maximum absolute atomic E-state index is 11.4. The van der Waals surface area contributed by atoms with Gasteiger partial charge in [0, 0.05) is 19.3 Å². The van der Waals surface area contributed by atoms with Gasteiger partial charge in [0.05, 0.1) is 12.3 Å². The lowest BCUT2D eigenvalue weighted by Gasteiger charge is -2.30. The van der Waals surface area contributed by atoms with Gasteiger partial charge in [0.25, 0.3) is 0 Å². The van der Waals surface area contributed by atoms with Gasteiger partial charge < -0.3 is 15.5 Å². The first kappa shape index (κ1) is 22.7. The van der Waals surface area contributed by atoms with E-state index in [2.05, 4.69) is 34.4 Å². The molecule has 0 spiro atoms. The fourth-order valence-corrected chi connectivity index (χ4v) is 4.15. The van der Waals surface area contributed by atoms with E-state index in [0.717, 1.165) is 49.1 Å². The van der Waals surface area contributed by atoms with E-state index in [1.54, 1.807) is 0 Å².